The third-order valence-electron chi connectivity index (χ3n) is 4.56. The van der Waals surface area contributed by atoms with E-state index in [0.29, 0.717) is 22.2 Å². The van der Waals surface area contributed by atoms with Crippen LogP contribution in [-0.2, 0) is 0 Å². The maximum Gasteiger partial charge on any atom is 0.252 e. The van der Waals surface area contributed by atoms with Gasteiger partial charge < -0.3 is 16.4 Å². The Kier molecular flexibility index (Phi) is 3.61. The number of hydrogen-bond acceptors (Lipinski definition) is 3. The lowest BCUT2D eigenvalue weighted by atomic mass is 9.70. The van der Waals surface area contributed by atoms with E-state index in [1.807, 2.05) is 12.1 Å². The molecule has 1 atom stereocenters. The zero-order valence-corrected chi connectivity index (χ0v) is 12.2. The number of halogens is 1. The van der Waals surface area contributed by atoms with Gasteiger partial charge in [-0.1, -0.05) is 17.7 Å². The quantitative estimate of drug-likeness (QED) is 0.802. The van der Waals surface area contributed by atoms with E-state index in [2.05, 4.69) is 10.6 Å². The van der Waals surface area contributed by atoms with Crippen LogP contribution in [0.4, 0.5) is 5.69 Å². The molecule has 2 aliphatic rings. The maximum absolute atomic E-state index is 11.6. The SMILES string of the molecule is NC(=O)c1c(Cl)cccc1NC1CCNC2(CCC2)C1. The van der Waals surface area contributed by atoms with E-state index >= 15 is 0 Å². The van der Waals surface area contributed by atoms with Crippen molar-refractivity contribution in [3.8, 4) is 0 Å². The van der Waals surface area contributed by atoms with Crippen molar-refractivity contribution in [2.24, 2.45) is 5.73 Å². The van der Waals surface area contributed by atoms with Gasteiger partial charge in [-0.2, -0.15) is 0 Å². The molecule has 1 aliphatic heterocycles. The van der Waals surface area contributed by atoms with Gasteiger partial charge in [-0.15, -0.1) is 0 Å². The third-order valence-corrected chi connectivity index (χ3v) is 4.88. The molecule has 20 heavy (non-hydrogen) atoms. The molecule has 5 heteroatoms. The topological polar surface area (TPSA) is 67.2 Å². The number of anilines is 1. The molecule has 1 saturated heterocycles. The molecule has 0 bridgehead atoms. The van der Waals surface area contributed by atoms with Gasteiger partial charge in [-0.25, -0.2) is 0 Å². The van der Waals surface area contributed by atoms with Crippen LogP contribution >= 0.6 is 11.6 Å². The van der Waals surface area contributed by atoms with Crippen molar-refractivity contribution in [3.05, 3.63) is 28.8 Å². The van der Waals surface area contributed by atoms with E-state index in [0.717, 1.165) is 25.1 Å². The molecule has 4 N–H and O–H groups in total. The normalized spacial score (nSPS) is 24.1. The summed E-state index contributed by atoms with van der Waals surface area (Å²) in [5.74, 6) is -0.481. The fourth-order valence-corrected chi connectivity index (χ4v) is 3.65. The third kappa shape index (κ3) is 2.50. The van der Waals surface area contributed by atoms with Crippen molar-refractivity contribution < 1.29 is 4.79 Å². The number of rotatable bonds is 3. The van der Waals surface area contributed by atoms with Gasteiger partial charge >= 0.3 is 0 Å². The summed E-state index contributed by atoms with van der Waals surface area (Å²) >= 11 is 6.08. The number of amides is 1. The molecular formula is C15H20ClN3O. The Hall–Kier alpha value is -1.26. The monoisotopic (exact) mass is 293 g/mol. The molecule has 1 aliphatic carbocycles. The van der Waals surface area contributed by atoms with Crippen LogP contribution in [0.5, 0.6) is 0 Å². The number of primary amides is 1. The van der Waals surface area contributed by atoms with Crippen molar-refractivity contribution >= 4 is 23.2 Å². The van der Waals surface area contributed by atoms with Crippen LogP contribution in [0.1, 0.15) is 42.5 Å². The molecule has 0 aromatic heterocycles. The van der Waals surface area contributed by atoms with E-state index in [9.17, 15) is 4.79 Å². The molecule has 0 radical (unpaired) electrons. The van der Waals surface area contributed by atoms with Crippen molar-refractivity contribution in [2.45, 2.75) is 43.7 Å². The van der Waals surface area contributed by atoms with Crippen LogP contribution in [-0.4, -0.2) is 24.0 Å². The Bertz CT molecular complexity index is 528. The first-order chi connectivity index (χ1) is 9.60. The average molecular weight is 294 g/mol. The van der Waals surface area contributed by atoms with Gasteiger partial charge in [0.25, 0.3) is 5.91 Å². The summed E-state index contributed by atoms with van der Waals surface area (Å²) in [6.45, 7) is 1.02. The molecule has 1 heterocycles. The molecule has 2 fully saturated rings. The standard InChI is InChI=1S/C15H20ClN3O/c16-11-3-1-4-12(13(11)14(17)20)19-10-5-8-18-15(9-10)6-2-7-15/h1,3-4,10,18-19H,2,5-9H2,(H2,17,20). The summed E-state index contributed by atoms with van der Waals surface area (Å²) in [6, 6.07) is 5.79. The minimum absolute atomic E-state index is 0.321. The molecule has 4 nitrogen and oxygen atoms in total. The van der Waals surface area contributed by atoms with Gasteiger partial charge in [0.05, 0.1) is 10.6 Å². The summed E-state index contributed by atoms with van der Waals surface area (Å²) in [7, 11) is 0. The summed E-state index contributed by atoms with van der Waals surface area (Å²) in [5, 5.41) is 7.52. The molecular weight excluding hydrogens is 274 g/mol. The summed E-state index contributed by atoms with van der Waals surface area (Å²) < 4.78 is 0. The van der Waals surface area contributed by atoms with Gasteiger partial charge in [0.15, 0.2) is 0 Å². The predicted molar refractivity (Wildman–Crippen MR) is 81.2 cm³/mol. The summed E-state index contributed by atoms with van der Waals surface area (Å²) in [5.41, 5.74) is 6.91. The Balaban J connectivity index is 1.77. The van der Waals surface area contributed by atoms with Crippen LogP contribution in [0, 0.1) is 0 Å². The number of nitrogens with two attached hydrogens (primary N) is 1. The Morgan fingerprint density at radius 2 is 2.25 bits per heavy atom. The average Bonchev–Trinajstić information content (AvgIpc) is 2.37. The van der Waals surface area contributed by atoms with Crippen molar-refractivity contribution in [1.82, 2.24) is 5.32 Å². The molecule has 108 valence electrons. The van der Waals surface area contributed by atoms with E-state index < -0.39 is 5.91 Å². The number of nitrogens with one attached hydrogen (secondary N) is 2. The first-order valence-corrected chi connectivity index (χ1v) is 7.57. The fourth-order valence-electron chi connectivity index (χ4n) is 3.38. The second-order valence-corrected chi connectivity index (χ2v) is 6.33. The Morgan fingerprint density at radius 3 is 2.90 bits per heavy atom. The van der Waals surface area contributed by atoms with E-state index in [-0.39, 0.29) is 0 Å². The minimum Gasteiger partial charge on any atom is -0.382 e. The Morgan fingerprint density at radius 1 is 1.45 bits per heavy atom. The first-order valence-electron chi connectivity index (χ1n) is 7.20. The van der Waals surface area contributed by atoms with Crippen molar-refractivity contribution in [2.75, 3.05) is 11.9 Å². The highest BCUT2D eigenvalue weighted by molar-refractivity contribution is 6.34. The largest absolute Gasteiger partial charge is 0.382 e. The lowest BCUT2D eigenvalue weighted by Gasteiger charge is -2.48. The molecule has 1 amide bonds. The van der Waals surface area contributed by atoms with Gasteiger partial charge in [0.1, 0.15) is 0 Å². The van der Waals surface area contributed by atoms with Crippen LogP contribution in [0.15, 0.2) is 18.2 Å². The Labute approximate surface area is 124 Å². The molecule has 1 aromatic rings. The van der Waals surface area contributed by atoms with E-state index in [1.54, 1.807) is 6.07 Å². The molecule has 1 unspecified atom stereocenters. The zero-order chi connectivity index (χ0) is 14.2. The zero-order valence-electron chi connectivity index (χ0n) is 11.4. The maximum atomic E-state index is 11.6. The lowest BCUT2D eigenvalue weighted by Crippen LogP contribution is -2.58. The molecule has 1 aromatic carbocycles. The number of carbonyl (C=O) groups excluding carboxylic acids is 1. The van der Waals surface area contributed by atoms with Gasteiger partial charge in [-0.3, -0.25) is 4.79 Å². The van der Waals surface area contributed by atoms with Gasteiger partial charge in [0.2, 0.25) is 0 Å². The lowest BCUT2D eigenvalue weighted by molar-refractivity contribution is 0.100. The number of benzene rings is 1. The number of piperidine rings is 1. The van der Waals surface area contributed by atoms with E-state index in [1.165, 1.54) is 19.3 Å². The van der Waals surface area contributed by atoms with Crippen molar-refractivity contribution in [1.29, 1.82) is 0 Å². The number of hydrogen-bond donors (Lipinski definition) is 3. The highest BCUT2D eigenvalue weighted by atomic mass is 35.5. The van der Waals surface area contributed by atoms with Gasteiger partial charge in [0, 0.05) is 17.3 Å². The molecule has 1 spiro atoms. The summed E-state index contributed by atoms with van der Waals surface area (Å²) in [4.78, 5) is 11.6. The fraction of sp³-hybridized carbons (Fsp3) is 0.533. The van der Waals surface area contributed by atoms with Crippen molar-refractivity contribution in [3.63, 3.8) is 0 Å². The number of carbonyl (C=O) groups is 1. The van der Waals surface area contributed by atoms with Crippen LogP contribution in [0.2, 0.25) is 5.02 Å². The van der Waals surface area contributed by atoms with E-state index in [4.69, 9.17) is 17.3 Å². The molecule has 1 saturated carbocycles. The minimum atomic E-state index is -0.481. The summed E-state index contributed by atoms with van der Waals surface area (Å²) in [6.07, 6.45) is 5.96. The first kappa shape index (κ1) is 13.7. The van der Waals surface area contributed by atoms with Gasteiger partial charge in [-0.05, 0) is 50.8 Å². The van der Waals surface area contributed by atoms with Crippen LogP contribution in [0.3, 0.4) is 0 Å². The van der Waals surface area contributed by atoms with Crippen LogP contribution < -0.4 is 16.4 Å². The second kappa shape index (κ2) is 5.26. The highest BCUT2D eigenvalue weighted by Gasteiger charge is 2.40. The van der Waals surface area contributed by atoms with Crippen LogP contribution in [0.25, 0.3) is 0 Å². The smallest absolute Gasteiger partial charge is 0.252 e. The predicted octanol–water partition coefficient (Wildman–Crippen LogP) is 2.53. The highest BCUT2D eigenvalue weighted by Crippen LogP contribution is 2.39. The second-order valence-electron chi connectivity index (χ2n) is 5.92. The molecule has 3 rings (SSSR count).